The Morgan fingerprint density at radius 2 is 1.89 bits per heavy atom. The molecule has 19 heavy (non-hydrogen) atoms. The van der Waals surface area contributed by atoms with Crippen molar-refractivity contribution in [2.75, 3.05) is 0 Å². The van der Waals surface area contributed by atoms with Crippen LogP contribution in [-0.2, 0) is 5.41 Å². The Kier molecular flexibility index (Phi) is 3.58. The number of aliphatic hydroxyl groups excluding tert-OH is 1. The second-order valence-corrected chi connectivity index (χ2v) is 5.71. The molecule has 0 fully saturated rings. The molecule has 3 nitrogen and oxygen atoms in total. The largest absolute Gasteiger partial charge is 0.508 e. The Bertz CT molecular complexity index is 559. The lowest BCUT2D eigenvalue weighted by molar-refractivity contribution is 0.215. The number of aliphatic hydroxyl groups is 1. The van der Waals surface area contributed by atoms with Crippen LogP contribution in [0.15, 0.2) is 42.7 Å². The molecule has 0 bridgehead atoms. The minimum Gasteiger partial charge on any atom is -0.508 e. The van der Waals surface area contributed by atoms with Crippen LogP contribution in [0.5, 0.6) is 5.75 Å². The molecule has 0 saturated carbocycles. The van der Waals surface area contributed by atoms with E-state index < -0.39 is 6.10 Å². The maximum atomic E-state index is 10.4. The van der Waals surface area contributed by atoms with E-state index in [-0.39, 0.29) is 11.2 Å². The number of pyridine rings is 1. The van der Waals surface area contributed by atoms with Crippen molar-refractivity contribution in [2.45, 2.75) is 32.3 Å². The van der Waals surface area contributed by atoms with Gasteiger partial charge in [-0.25, -0.2) is 0 Å². The minimum absolute atomic E-state index is 0.0306. The van der Waals surface area contributed by atoms with Gasteiger partial charge in [-0.05, 0) is 29.2 Å². The van der Waals surface area contributed by atoms with Crippen molar-refractivity contribution in [1.82, 2.24) is 4.98 Å². The third kappa shape index (κ3) is 2.93. The van der Waals surface area contributed by atoms with E-state index in [1.807, 2.05) is 12.1 Å². The zero-order chi connectivity index (χ0) is 14.0. The van der Waals surface area contributed by atoms with Crippen LogP contribution >= 0.6 is 0 Å². The van der Waals surface area contributed by atoms with Crippen molar-refractivity contribution >= 4 is 0 Å². The molecule has 0 aliphatic rings. The number of benzene rings is 1. The topological polar surface area (TPSA) is 53.4 Å². The van der Waals surface area contributed by atoms with Crippen molar-refractivity contribution < 1.29 is 10.2 Å². The number of aromatic hydroxyl groups is 1. The van der Waals surface area contributed by atoms with Gasteiger partial charge >= 0.3 is 0 Å². The van der Waals surface area contributed by atoms with Crippen LogP contribution in [0.4, 0.5) is 0 Å². The molecule has 1 aromatic heterocycles. The first kappa shape index (κ1) is 13.6. The molecule has 0 saturated heterocycles. The molecule has 100 valence electrons. The highest BCUT2D eigenvalue weighted by Gasteiger charge is 2.19. The summed E-state index contributed by atoms with van der Waals surface area (Å²) in [6.45, 7) is 6.29. The van der Waals surface area contributed by atoms with Gasteiger partial charge in [-0.2, -0.15) is 0 Å². The summed E-state index contributed by atoms with van der Waals surface area (Å²) in [6.07, 6.45) is 2.39. The van der Waals surface area contributed by atoms with Gasteiger partial charge in [0.1, 0.15) is 11.9 Å². The lowest BCUT2D eigenvalue weighted by atomic mass is 9.85. The van der Waals surface area contributed by atoms with Crippen molar-refractivity contribution in [3.8, 4) is 5.75 Å². The van der Waals surface area contributed by atoms with Crippen LogP contribution in [-0.4, -0.2) is 15.2 Å². The van der Waals surface area contributed by atoms with Crippen LogP contribution in [0.3, 0.4) is 0 Å². The molecule has 1 aromatic carbocycles. The fraction of sp³-hybridized carbons (Fsp3) is 0.312. The molecule has 0 aliphatic carbocycles. The van der Waals surface area contributed by atoms with Gasteiger partial charge < -0.3 is 10.2 Å². The van der Waals surface area contributed by atoms with E-state index in [1.165, 1.54) is 0 Å². The first-order valence-electron chi connectivity index (χ1n) is 6.31. The van der Waals surface area contributed by atoms with Gasteiger partial charge in [0, 0.05) is 23.5 Å². The summed E-state index contributed by atoms with van der Waals surface area (Å²) in [7, 11) is 0. The molecule has 2 rings (SSSR count). The lowest BCUT2D eigenvalue weighted by Gasteiger charge is -2.22. The van der Waals surface area contributed by atoms with Crippen molar-refractivity contribution in [3.63, 3.8) is 0 Å². The average molecular weight is 257 g/mol. The molecule has 0 amide bonds. The number of hydrogen-bond acceptors (Lipinski definition) is 3. The third-order valence-corrected chi connectivity index (χ3v) is 3.19. The average Bonchev–Trinajstić information content (AvgIpc) is 2.38. The molecular formula is C16H19NO2. The molecule has 0 unspecified atom stereocenters. The van der Waals surface area contributed by atoms with Crippen LogP contribution in [0, 0.1) is 0 Å². The molecule has 1 atom stereocenters. The molecule has 2 aromatic rings. The zero-order valence-corrected chi connectivity index (χ0v) is 11.5. The summed E-state index contributed by atoms with van der Waals surface area (Å²) < 4.78 is 0. The number of rotatable bonds is 2. The first-order valence-corrected chi connectivity index (χ1v) is 6.31. The summed E-state index contributed by atoms with van der Waals surface area (Å²) in [5, 5.41) is 20.3. The van der Waals surface area contributed by atoms with Crippen molar-refractivity contribution in [2.24, 2.45) is 0 Å². The van der Waals surface area contributed by atoms with E-state index in [2.05, 4.69) is 25.8 Å². The predicted octanol–water partition coefficient (Wildman–Crippen LogP) is 3.17. The lowest BCUT2D eigenvalue weighted by Crippen LogP contribution is -2.12. The van der Waals surface area contributed by atoms with Crippen molar-refractivity contribution in [3.05, 3.63) is 59.4 Å². The SMILES string of the molecule is CC(C)(C)c1ccc(O)c([C@@H](O)c2cccnc2)c1. The monoisotopic (exact) mass is 257 g/mol. The number of nitrogens with zero attached hydrogens (tertiary/aromatic N) is 1. The van der Waals surface area contributed by atoms with Crippen LogP contribution < -0.4 is 0 Å². The molecular weight excluding hydrogens is 238 g/mol. The Hall–Kier alpha value is -1.87. The number of aromatic nitrogens is 1. The molecule has 1 heterocycles. The maximum Gasteiger partial charge on any atom is 0.121 e. The smallest absolute Gasteiger partial charge is 0.121 e. The summed E-state index contributed by atoms with van der Waals surface area (Å²) in [5.74, 6) is 0.101. The van der Waals surface area contributed by atoms with E-state index in [0.717, 1.165) is 5.56 Å². The second kappa shape index (κ2) is 5.02. The highest BCUT2D eigenvalue weighted by atomic mass is 16.3. The molecule has 0 spiro atoms. The van der Waals surface area contributed by atoms with Gasteiger partial charge in [-0.1, -0.05) is 32.9 Å². The third-order valence-electron chi connectivity index (χ3n) is 3.19. The number of phenolic OH excluding ortho intramolecular Hbond substituents is 1. The van der Waals surface area contributed by atoms with Crippen LogP contribution in [0.2, 0.25) is 0 Å². The second-order valence-electron chi connectivity index (χ2n) is 5.71. The summed E-state index contributed by atoms with van der Waals surface area (Å²) in [4.78, 5) is 3.99. The Balaban J connectivity index is 2.45. The molecule has 0 radical (unpaired) electrons. The van der Waals surface area contributed by atoms with E-state index >= 15 is 0 Å². The van der Waals surface area contributed by atoms with E-state index in [1.54, 1.807) is 30.6 Å². The normalized spacial score (nSPS) is 13.3. The molecule has 2 N–H and O–H groups in total. The summed E-state index contributed by atoms with van der Waals surface area (Å²) in [5.41, 5.74) is 2.23. The van der Waals surface area contributed by atoms with E-state index in [9.17, 15) is 10.2 Å². The predicted molar refractivity (Wildman–Crippen MR) is 75.1 cm³/mol. The highest BCUT2D eigenvalue weighted by molar-refractivity contribution is 5.43. The van der Waals surface area contributed by atoms with Crippen molar-refractivity contribution in [1.29, 1.82) is 0 Å². The van der Waals surface area contributed by atoms with Gasteiger partial charge in [0.2, 0.25) is 0 Å². The fourth-order valence-electron chi connectivity index (χ4n) is 1.96. The van der Waals surface area contributed by atoms with Gasteiger partial charge in [-0.3, -0.25) is 4.98 Å². The molecule has 0 aliphatic heterocycles. The van der Waals surface area contributed by atoms with Crippen LogP contribution in [0.1, 0.15) is 43.6 Å². The minimum atomic E-state index is -0.865. The quantitative estimate of drug-likeness (QED) is 0.868. The van der Waals surface area contributed by atoms with Crippen LogP contribution in [0.25, 0.3) is 0 Å². The van der Waals surface area contributed by atoms with Gasteiger partial charge in [0.05, 0.1) is 0 Å². The first-order chi connectivity index (χ1) is 8.89. The summed E-state index contributed by atoms with van der Waals surface area (Å²) in [6, 6.07) is 8.93. The highest BCUT2D eigenvalue weighted by Crippen LogP contribution is 2.33. The van der Waals surface area contributed by atoms with E-state index in [4.69, 9.17) is 0 Å². The van der Waals surface area contributed by atoms with Gasteiger partial charge in [0.25, 0.3) is 0 Å². The maximum absolute atomic E-state index is 10.4. The number of phenols is 1. The summed E-state index contributed by atoms with van der Waals surface area (Å²) >= 11 is 0. The zero-order valence-electron chi connectivity index (χ0n) is 11.5. The Morgan fingerprint density at radius 3 is 2.47 bits per heavy atom. The van der Waals surface area contributed by atoms with Gasteiger partial charge in [-0.15, -0.1) is 0 Å². The molecule has 3 heteroatoms. The fourth-order valence-corrected chi connectivity index (χ4v) is 1.96. The number of hydrogen-bond donors (Lipinski definition) is 2. The van der Waals surface area contributed by atoms with E-state index in [0.29, 0.717) is 11.1 Å². The standard InChI is InChI=1S/C16H19NO2/c1-16(2,3)12-6-7-14(18)13(9-12)15(19)11-5-4-8-17-10-11/h4-10,15,18-19H,1-3H3/t15-/m0/s1. The Labute approximate surface area is 113 Å². The van der Waals surface area contributed by atoms with Gasteiger partial charge in [0.15, 0.2) is 0 Å². The Morgan fingerprint density at radius 1 is 1.16 bits per heavy atom.